The molecule has 0 spiro atoms. The number of hydrogen-bond acceptors (Lipinski definition) is 8. The van der Waals surface area contributed by atoms with Crippen molar-refractivity contribution in [3.63, 3.8) is 0 Å². The van der Waals surface area contributed by atoms with Crippen molar-refractivity contribution in [2.75, 3.05) is 10.7 Å². The first-order chi connectivity index (χ1) is 9.56. The number of aromatic nitrogens is 4. The number of anilines is 3. The molecule has 10 heteroatoms. The number of nitrogens with one attached hydrogen (secondary N) is 2. The molecule has 0 radical (unpaired) electrons. The van der Waals surface area contributed by atoms with Crippen LogP contribution in [-0.4, -0.2) is 24.7 Å². The van der Waals surface area contributed by atoms with Gasteiger partial charge in [-0.1, -0.05) is 6.92 Å². The summed E-state index contributed by atoms with van der Waals surface area (Å²) in [7, 11) is 1.77. The zero-order valence-electron chi connectivity index (χ0n) is 11.0. The molecule has 0 saturated heterocycles. The minimum Gasteiger partial charge on any atom is -0.331 e. The molecule has 4 N–H and O–H groups in total. The van der Waals surface area contributed by atoms with Crippen LogP contribution in [0.3, 0.4) is 0 Å². The van der Waals surface area contributed by atoms with Crippen LogP contribution in [0.2, 0.25) is 0 Å². The van der Waals surface area contributed by atoms with Crippen LogP contribution in [0.4, 0.5) is 23.0 Å². The van der Waals surface area contributed by atoms with Gasteiger partial charge in [-0.05, 0) is 6.42 Å². The smallest absolute Gasteiger partial charge is 0.331 e. The Labute approximate surface area is 114 Å². The minimum absolute atomic E-state index is 0.0562. The molecule has 0 aliphatic heterocycles. The third-order valence-corrected chi connectivity index (χ3v) is 2.63. The highest BCUT2D eigenvalue weighted by Gasteiger charge is 2.23. The summed E-state index contributed by atoms with van der Waals surface area (Å²) in [6, 6.07) is 0. The van der Waals surface area contributed by atoms with Gasteiger partial charge in [0.2, 0.25) is 11.6 Å². The van der Waals surface area contributed by atoms with Gasteiger partial charge < -0.3 is 10.7 Å². The van der Waals surface area contributed by atoms with E-state index in [-0.39, 0.29) is 17.3 Å². The van der Waals surface area contributed by atoms with Gasteiger partial charge in [0.15, 0.2) is 0 Å². The molecule has 2 aromatic rings. The van der Waals surface area contributed by atoms with Gasteiger partial charge in [0.05, 0.1) is 16.3 Å². The molecule has 2 rings (SSSR count). The van der Waals surface area contributed by atoms with E-state index in [9.17, 15) is 10.1 Å². The summed E-state index contributed by atoms with van der Waals surface area (Å²) in [5, 5.41) is 18.3. The van der Waals surface area contributed by atoms with Crippen molar-refractivity contribution in [3.05, 3.63) is 28.3 Å². The quantitative estimate of drug-likeness (QED) is 0.413. The maximum atomic E-state index is 11.1. The molecule has 0 aliphatic rings. The first-order valence-electron chi connectivity index (χ1n) is 5.82. The number of nitrogens with two attached hydrogens (primary N) is 1. The van der Waals surface area contributed by atoms with Gasteiger partial charge in [-0.2, -0.15) is 5.10 Å². The molecule has 20 heavy (non-hydrogen) atoms. The van der Waals surface area contributed by atoms with E-state index in [1.807, 2.05) is 6.92 Å². The van der Waals surface area contributed by atoms with Gasteiger partial charge in [0.1, 0.15) is 6.33 Å². The average Bonchev–Trinajstić information content (AvgIpc) is 2.78. The third kappa shape index (κ3) is 2.49. The van der Waals surface area contributed by atoms with E-state index in [1.54, 1.807) is 17.9 Å². The molecule has 0 amide bonds. The van der Waals surface area contributed by atoms with Gasteiger partial charge in [-0.3, -0.25) is 14.8 Å². The maximum absolute atomic E-state index is 11.1. The second kappa shape index (κ2) is 5.48. The highest BCUT2D eigenvalue weighted by Crippen LogP contribution is 2.31. The Bertz CT molecular complexity index is 638. The summed E-state index contributed by atoms with van der Waals surface area (Å²) in [6.07, 6.45) is 3.59. The highest BCUT2D eigenvalue weighted by atomic mass is 16.6. The molecule has 0 bridgehead atoms. The molecule has 0 aliphatic carbocycles. The van der Waals surface area contributed by atoms with Crippen molar-refractivity contribution in [1.29, 1.82) is 0 Å². The Morgan fingerprint density at radius 3 is 2.75 bits per heavy atom. The molecule has 10 nitrogen and oxygen atoms in total. The fourth-order valence-corrected chi connectivity index (χ4v) is 1.78. The van der Waals surface area contributed by atoms with Crippen LogP contribution in [0.1, 0.15) is 12.6 Å². The van der Waals surface area contributed by atoms with Crippen molar-refractivity contribution in [2.45, 2.75) is 13.3 Å². The summed E-state index contributed by atoms with van der Waals surface area (Å²) in [4.78, 5) is 18.1. The van der Waals surface area contributed by atoms with Crippen molar-refractivity contribution in [1.82, 2.24) is 19.7 Å². The lowest BCUT2D eigenvalue weighted by Crippen LogP contribution is -2.12. The number of nitrogens with zero attached hydrogens (tertiary/aromatic N) is 5. The fraction of sp³-hybridized carbons (Fsp3) is 0.300. The predicted molar refractivity (Wildman–Crippen MR) is 72.4 cm³/mol. The zero-order valence-corrected chi connectivity index (χ0v) is 11.0. The van der Waals surface area contributed by atoms with Crippen LogP contribution in [0.15, 0.2) is 12.5 Å². The first kappa shape index (κ1) is 13.7. The lowest BCUT2D eigenvalue weighted by molar-refractivity contribution is -0.383. The topological polar surface area (TPSA) is 137 Å². The molecule has 0 unspecified atom stereocenters. The van der Waals surface area contributed by atoms with Crippen molar-refractivity contribution in [2.24, 2.45) is 12.9 Å². The van der Waals surface area contributed by atoms with Gasteiger partial charge in [-0.25, -0.2) is 15.8 Å². The second-order valence-corrected chi connectivity index (χ2v) is 3.96. The van der Waals surface area contributed by atoms with E-state index < -0.39 is 4.92 Å². The molecule has 0 saturated carbocycles. The van der Waals surface area contributed by atoms with E-state index in [1.165, 1.54) is 6.33 Å². The first-order valence-corrected chi connectivity index (χ1v) is 5.82. The van der Waals surface area contributed by atoms with Crippen molar-refractivity contribution in [3.8, 4) is 0 Å². The molecule has 0 atom stereocenters. The third-order valence-electron chi connectivity index (χ3n) is 2.63. The number of aryl methyl sites for hydroxylation is 2. The van der Waals surface area contributed by atoms with E-state index >= 15 is 0 Å². The maximum Gasteiger partial charge on any atom is 0.354 e. The molecule has 0 aromatic carbocycles. The normalized spacial score (nSPS) is 10.3. The van der Waals surface area contributed by atoms with Crippen LogP contribution in [0.5, 0.6) is 0 Å². The molecule has 2 heterocycles. The number of hydrazine groups is 1. The van der Waals surface area contributed by atoms with Crippen LogP contribution in [0.25, 0.3) is 0 Å². The van der Waals surface area contributed by atoms with Gasteiger partial charge in [0.25, 0.3) is 0 Å². The van der Waals surface area contributed by atoms with Crippen LogP contribution >= 0.6 is 0 Å². The summed E-state index contributed by atoms with van der Waals surface area (Å²) >= 11 is 0. The number of rotatable bonds is 5. The van der Waals surface area contributed by atoms with Crippen LogP contribution in [0, 0.1) is 10.1 Å². The highest BCUT2D eigenvalue weighted by molar-refractivity contribution is 5.73. The lowest BCUT2D eigenvalue weighted by atomic mass is 10.3. The fourth-order valence-electron chi connectivity index (χ4n) is 1.78. The summed E-state index contributed by atoms with van der Waals surface area (Å²) in [5.74, 6) is 5.22. The van der Waals surface area contributed by atoms with Crippen LogP contribution < -0.4 is 16.6 Å². The summed E-state index contributed by atoms with van der Waals surface area (Å²) in [5.41, 5.74) is 3.30. The standard InChI is InChI=1S/C10H14N8O2/c1-3-6-7(4-17(2)16-6)14-9-8(18(19)20)10(15-11)13-5-12-9/h4-5H,3,11H2,1-2H3,(H2,12,13,14,15). The molecule has 0 fully saturated rings. The Morgan fingerprint density at radius 2 is 2.15 bits per heavy atom. The Morgan fingerprint density at radius 1 is 1.45 bits per heavy atom. The average molecular weight is 278 g/mol. The molecular weight excluding hydrogens is 264 g/mol. The zero-order chi connectivity index (χ0) is 14.7. The van der Waals surface area contributed by atoms with Crippen LogP contribution in [-0.2, 0) is 13.5 Å². The Hall–Kier alpha value is -2.75. The van der Waals surface area contributed by atoms with Gasteiger partial charge >= 0.3 is 5.69 Å². The van der Waals surface area contributed by atoms with Crippen molar-refractivity contribution < 1.29 is 4.92 Å². The predicted octanol–water partition coefficient (Wildman–Crippen LogP) is 0.710. The molecular formula is C10H14N8O2. The molecule has 2 aromatic heterocycles. The number of nitro groups is 1. The minimum atomic E-state index is -0.598. The molecule has 106 valence electrons. The number of nitrogen functional groups attached to an aromatic ring is 1. The van der Waals surface area contributed by atoms with Gasteiger partial charge in [0, 0.05) is 13.2 Å². The Balaban J connectivity index is 2.45. The van der Waals surface area contributed by atoms with E-state index in [4.69, 9.17) is 5.84 Å². The monoisotopic (exact) mass is 278 g/mol. The van der Waals surface area contributed by atoms with Gasteiger partial charge in [-0.15, -0.1) is 0 Å². The van der Waals surface area contributed by atoms with Crippen molar-refractivity contribution >= 4 is 23.0 Å². The SMILES string of the molecule is CCc1nn(C)cc1Nc1ncnc(NN)c1[N+](=O)[O-]. The van der Waals surface area contributed by atoms with E-state index in [2.05, 4.69) is 25.8 Å². The largest absolute Gasteiger partial charge is 0.354 e. The second-order valence-electron chi connectivity index (χ2n) is 3.96. The number of hydrogen-bond donors (Lipinski definition) is 3. The lowest BCUT2D eigenvalue weighted by Gasteiger charge is -2.07. The van der Waals surface area contributed by atoms with E-state index in [0.29, 0.717) is 12.1 Å². The summed E-state index contributed by atoms with van der Waals surface area (Å²) in [6.45, 7) is 1.94. The summed E-state index contributed by atoms with van der Waals surface area (Å²) < 4.78 is 1.62. The van der Waals surface area contributed by atoms with E-state index in [0.717, 1.165) is 5.69 Å². The Kier molecular flexibility index (Phi) is 3.75.